The molecule has 6 heteroatoms. The molecule has 0 aliphatic carbocycles. The van der Waals surface area contributed by atoms with Crippen molar-refractivity contribution in [2.24, 2.45) is 0 Å². The van der Waals surface area contributed by atoms with Gasteiger partial charge in [0, 0.05) is 11.4 Å². The van der Waals surface area contributed by atoms with Gasteiger partial charge in [-0.1, -0.05) is 17.7 Å². The van der Waals surface area contributed by atoms with E-state index >= 15 is 0 Å². The molecule has 0 aliphatic rings. The summed E-state index contributed by atoms with van der Waals surface area (Å²) in [5.41, 5.74) is 1.72. The fraction of sp³-hybridized carbons (Fsp3) is 0.333. The SMILES string of the molecule is CSCC(NC(=O)Nc1ccc(C)cc1)C(=O)O. The lowest BCUT2D eigenvalue weighted by Gasteiger charge is -2.14. The van der Waals surface area contributed by atoms with Gasteiger partial charge >= 0.3 is 12.0 Å². The van der Waals surface area contributed by atoms with E-state index in [1.54, 1.807) is 18.4 Å². The molecule has 0 heterocycles. The molecule has 0 spiro atoms. The number of carboxylic acid groups (broad SMARTS) is 1. The second-order valence-corrected chi connectivity index (χ2v) is 4.72. The molecule has 3 N–H and O–H groups in total. The number of carbonyl (C=O) groups is 2. The molecule has 0 aromatic heterocycles. The van der Waals surface area contributed by atoms with Gasteiger partial charge in [-0.15, -0.1) is 0 Å². The topological polar surface area (TPSA) is 78.4 Å². The fourth-order valence-corrected chi connectivity index (χ4v) is 1.86. The molecule has 1 unspecified atom stereocenters. The molecule has 1 aromatic carbocycles. The molecule has 0 fully saturated rings. The molecule has 98 valence electrons. The average Bonchev–Trinajstić information content (AvgIpc) is 2.31. The first-order valence-electron chi connectivity index (χ1n) is 5.39. The van der Waals surface area contributed by atoms with Crippen molar-refractivity contribution in [3.8, 4) is 0 Å². The van der Waals surface area contributed by atoms with Gasteiger partial charge in [0.1, 0.15) is 6.04 Å². The number of benzene rings is 1. The monoisotopic (exact) mass is 268 g/mol. The third-order valence-corrected chi connectivity index (χ3v) is 2.91. The maximum Gasteiger partial charge on any atom is 0.327 e. The average molecular weight is 268 g/mol. The van der Waals surface area contributed by atoms with Crippen LogP contribution in [0, 0.1) is 6.92 Å². The van der Waals surface area contributed by atoms with Gasteiger partial charge in [0.15, 0.2) is 0 Å². The number of hydrogen-bond donors (Lipinski definition) is 3. The van der Waals surface area contributed by atoms with E-state index in [1.807, 2.05) is 19.1 Å². The molecule has 0 saturated heterocycles. The first-order chi connectivity index (χ1) is 8.52. The molecule has 2 amide bonds. The minimum atomic E-state index is -1.04. The van der Waals surface area contributed by atoms with Gasteiger partial charge in [-0.2, -0.15) is 11.8 Å². The van der Waals surface area contributed by atoms with Crippen LogP contribution in [0.5, 0.6) is 0 Å². The highest BCUT2D eigenvalue weighted by Crippen LogP contribution is 2.08. The van der Waals surface area contributed by atoms with E-state index in [9.17, 15) is 9.59 Å². The number of nitrogens with one attached hydrogen (secondary N) is 2. The Balaban J connectivity index is 2.54. The van der Waals surface area contributed by atoms with Gasteiger partial charge in [0.25, 0.3) is 0 Å². The summed E-state index contributed by atoms with van der Waals surface area (Å²) >= 11 is 1.36. The van der Waals surface area contributed by atoms with Crippen LogP contribution in [0.3, 0.4) is 0 Å². The Morgan fingerprint density at radius 1 is 1.33 bits per heavy atom. The summed E-state index contributed by atoms with van der Waals surface area (Å²) in [5.74, 6) is -0.709. The Labute approximate surface area is 110 Å². The molecule has 0 saturated carbocycles. The summed E-state index contributed by atoms with van der Waals surface area (Å²) in [4.78, 5) is 22.5. The lowest BCUT2D eigenvalue weighted by Crippen LogP contribution is -2.44. The molecular weight excluding hydrogens is 252 g/mol. The van der Waals surface area contributed by atoms with Crippen LogP contribution in [0.2, 0.25) is 0 Å². The van der Waals surface area contributed by atoms with E-state index in [2.05, 4.69) is 10.6 Å². The van der Waals surface area contributed by atoms with E-state index < -0.39 is 18.0 Å². The molecule has 0 bridgehead atoms. The van der Waals surface area contributed by atoms with E-state index in [4.69, 9.17) is 5.11 Å². The molecule has 1 rings (SSSR count). The summed E-state index contributed by atoms with van der Waals surface area (Å²) in [6.07, 6.45) is 1.79. The third kappa shape index (κ3) is 4.67. The van der Waals surface area contributed by atoms with Gasteiger partial charge in [-0.3, -0.25) is 0 Å². The lowest BCUT2D eigenvalue weighted by atomic mass is 10.2. The number of aryl methyl sites for hydroxylation is 1. The summed E-state index contributed by atoms with van der Waals surface area (Å²) in [6, 6.07) is 5.86. The van der Waals surface area contributed by atoms with Crippen LogP contribution in [0.1, 0.15) is 5.56 Å². The van der Waals surface area contributed by atoms with E-state index in [1.165, 1.54) is 11.8 Å². The van der Waals surface area contributed by atoms with E-state index in [-0.39, 0.29) is 0 Å². The Hall–Kier alpha value is -1.69. The number of thioether (sulfide) groups is 1. The quantitative estimate of drug-likeness (QED) is 0.762. The van der Waals surface area contributed by atoms with Crippen LogP contribution >= 0.6 is 11.8 Å². The van der Waals surface area contributed by atoms with Gasteiger partial charge in [-0.05, 0) is 25.3 Å². The predicted molar refractivity (Wildman–Crippen MR) is 73.1 cm³/mol. The van der Waals surface area contributed by atoms with Crippen LogP contribution in [0.25, 0.3) is 0 Å². The first-order valence-corrected chi connectivity index (χ1v) is 6.78. The summed E-state index contributed by atoms with van der Waals surface area (Å²) < 4.78 is 0. The number of anilines is 1. The van der Waals surface area contributed by atoms with Crippen LogP contribution in [0.15, 0.2) is 24.3 Å². The summed E-state index contributed by atoms with van der Waals surface area (Å²) in [5, 5.41) is 13.9. The highest BCUT2D eigenvalue weighted by Gasteiger charge is 2.18. The minimum Gasteiger partial charge on any atom is -0.480 e. The minimum absolute atomic E-state index is 0.330. The maximum absolute atomic E-state index is 11.6. The molecule has 1 atom stereocenters. The van der Waals surface area contributed by atoms with Crippen molar-refractivity contribution in [3.05, 3.63) is 29.8 Å². The first kappa shape index (κ1) is 14.4. The van der Waals surface area contributed by atoms with Crippen molar-refractivity contribution in [3.63, 3.8) is 0 Å². The Bertz CT molecular complexity index is 420. The van der Waals surface area contributed by atoms with E-state index in [0.29, 0.717) is 11.4 Å². The number of amides is 2. The van der Waals surface area contributed by atoms with Gasteiger partial charge in [0.2, 0.25) is 0 Å². The number of urea groups is 1. The summed E-state index contributed by atoms with van der Waals surface area (Å²) in [6.45, 7) is 1.95. The fourth-order valence-electron chi connectivity index (χ4n) is 1.30. The highest BCUT2D eigenvalue weighted by atomic mass is 32.2. The predicted octanol–water partition coefficient (Wildman–Crippen LogP) is 1.93. The molecule has 18 heavy (non-hydrogen) atoms. The summed E-state index contributed by atoms with van der Waals surface area (Å²) in [7, 11) is 0. The van der Waals surface area contributed by atoms with Gasteiger partial charge in [-0.25, -0.2) is 9.59 Å². The normalized spacial score (nSPS) is 11.7. The van der Waals surface area contributed by atoms with E-state index in [0.717, 1.165) is 5.56 Å². The molecule has 0 radical (unpaired) electrons. The second kappa shape index (κ2) is 6.90. The Kier molecular flexibility index (Phi) is 5.51. The lowest BCUT2D eigenvalue weighted by molar-refractivity contribution is -0.138. The standard InChI is InChI=1S/C12H16N2O3S/c1-8-3-5-9(6-4-8)13-12(17)14-10(7-18-2)11(15)16/h3-6,10H,7H2,1-2H3,(H,15,16)(H2,13,14,17). The van der Waals surface area contributed by atoms with Crippen molar-refractivity contribution in [2.75, 3.05) is 17.3 Å². The highest BCUT2D eigenvalue weighted by molar-refractivity contribution is 7.98. The number of carboxylic acids is 1. The molecule has 1 aromatic rings. The number of aliphatic carboxylic acids is 1. The van der Waals surface area contributed by atoms with Crippen molar-refractivity contribution in [1.29, 1.82) is 0 Å². The van der Waals surface area contributed by atoms with Gasteiger partial charge < -0.3 is 15.7 Å². The Morgan fingerprint density at radius 3 is 2.44 bits per heavy atom. The number of carbonyl (C=O) groups excluding carboxylic acids is 1. The smallest absolute Gasteiger partial charge is 0.327 e. The Morgan fingerprint density at radius 2 is 1.94 bits per heavy atom. The van der Waals surface area contributed by atoms with Crippen LogP contribution in [0.4, 0.5) is 10.5 Å². The zero-order valence-electron chi connectivity index (χ0n) is 10.3. The van der Waals surface area contributed by atoms with Crippen LogP contribution in [-0.2, 0) is 4.79 Å². The molecule has 0 aliphatic heterocycles. The largest absolute Gasteiger partial charge is 0.480 e. The van der Waals surface area contributed by atoms with Crippen LogP contribution < -0.4 is 10.6 Å². The van der Waals surface area contributed by atoms with Crippen molar-refractivity contribution in [2.45, 2.75) is 13.0 Å². The van der Waals surface area contributed by atoms with Crippen LogP contribution in [-0.4, -0.2) is 35.2 Å². The zero-order chi connectivity index (χ0) is 13.5. The van der Waals surface area contributed by atoms with Crippen molar-refractivity contribution in [1.82, 2.24) is 5.32 Å². The molecule has 5 nitrogen and oxygen atoms in total. The number of hydrogen-bond acceptors (Lipinski definition) is 3. The third-order valence-electron chi connectivity index (χ3n) is 2.25. The second-order valence-electron chi connectivity index (χ2n) is 3.81. The van der Waals surface area contributed by atoms with Gasteiger partial charge in [0.05, 0.1) is 0 Å². The maximum atomic E-state index is 11.6. The van der Waals surface area contributed by atoms with Crippen molar-refractivity contribution >= 4 is 29.4 Å². The number of rotatable bonds is 5. The zero-order valence-corrected chi connectivity index (χ0v) is 11.1. The van der Waals surface area contributed by atoms with Crippen molar-refractivity contribution < 1.29 is 14.7 Å². The molecular formula is C12H16N2O3S.